The van der Waals surface area contributed by atoms with Crippen LogP contribution in [0.5, 0.6) is 0 Å². The number of fused-ring (bicyclic) bond motifs is 2. The predicted molar refractivity (Wildman–Crippen MR) is 67.7 cm³/mol. The molecule has 2 aliphatic rings. The lowest BCUT2D eigenvalue weighted by Crippen LogP contribution is -2.36. The lowest BCUT2D eigenvalue weighted by molar-refractivity contribution is 0.116. The Morgan fingerprint density at radius 2 is 2.33 bits per heavy atom. The van der Waals surface area contributed by atoms with Crippen molar-refractivity contribution >= 4 is 17.7 Å². The van der Waals surface area contributed by atoms with E-state index in [1.807, 2.05) is 23.2 Å². The molecule has 18 heavy (non-hydrogen) atoms. The molecule has 5 heteroatoms. The molecule has 96 valence electrons. The van der Waals surface area contributed by atoms with Gasteiger partial charge >= 0.3 is 6.09 Å². The molecule has 0 aromatic carbocycles. The average molecular weight is 267 g/mol. The largest absolute Gasteiger partial charge is 0.453 e. The van der Waals surface area contributed by atoms with Crippen LogP contribution < -0.4 is 0 Å². The summed E-state index contributed by atoms with van der Waals surface area (Å²) in [7, 11) is 1.44. The van der Waals surface area contributed by atoms with Crippen molar-refractivity contribution < 1.29 is 9.53 Å². The van der Waals surface area contributed by atoms with Crippen molar-refractivity contribution in [2.75, 3.05) is 7.11 Å². The van der Waals surface area contributed by atoms with Gasteiger partial charge in [-0.1, -0.05) is 17.7 Å². The molecule has 3 heterocycles. The lowest BCUT2D eigenvalue weighted by Gasteiger charge is -2.23. The van der Waals surface area contributed by atoms with Crippen molar-refractivity contribution in [2.45, 2.75) is 37.3 Å². The van der Waals surface area contributed by atoms with E-state index in [1.54, 1.807) is 0 Å². The molecule has 2 bridgehead atoms. The van der Waals surface area contributed by atoms with Crippen LogP contribution in [0.1, 0.15) is 30.7 Å². The van der Waals surface area contributed by atoms with E-state index in [0.29, 0.717) is 17.1 Å². The van der Waals surface area contributed by atoms with Gasteiger partial charge in [0, 0.05) is 24.2 Å². The summed E-state index contributed by atoms with van der Waals surface area (Å²) in [6.07, 6.45) is 4.75. The number of hydrogen-bond donors (Lipinski definition) is 0. The van der Waals surface area contributed by atoms with Gasteiger partial charge < -0.3 is 9.64 Å². The van der Waals surface area contributed by atoms with E-state index in [2.05, 4.69) is 4.98 Å². The number of nitrogens with zero attached hydrogens (tertiary/aromatic N) is 2. The fourth-order valence-corrected chi connectivity index (χ4v) is 3.46. The zero-order chi connectivity index (χ0) is 12.7. The summed E-state index contributed by atoms with van der Waals surface area (Å²) in [5, 5.41) is 0.506. The van der Waals surface area contributed by atoms with Gasteiger partial charge in [0.1, 0.15) is 5.15 Å². The molecule has 0 unspecified atom stereocenters. The summed E-state index contributed by atoms with van der Waals surface area (Å²) >= 11 is 5.80. The third-order valence-corrected chi connectivity index (χ3v) is 4.32. The highest BCUT2D eigenvalue weighted by Gasteiger charge is 2.49. The quantitative estimate of drug-likeness (QED) is 0.734. The van der Waals surface area contributed by atoms with Crippen molar-refractivity contribution in [1.29, 1.82) is 0 Å². The van der Waals surface area contributed by atoms with Gasteiger partial charge in [-0.3, -0.25) is 0 Å². The molecule has 2 aliphatic heterocycles. The van der Waals surface area contributed by atoms with Gasteiger partial charge in [0.25, 0.3) is 0 Å². The second kappa shape index (κ2) is 4.43. The normalized spacial score (nSPS) is 29.7. The molecule has 0 N–H and O–H groups in total. The summed E-state index contributed by atoms with van der Waals surface area (Å²) in [6, 6.07) is 4.40. The number of hydrogen-bond acceptors (Lipinski definition) is 3. The lowest BCUT2D eigenvalue weighted by atomic mass is 9.85. The highest BCUT2D eigenvalue weighted by atomic mass is 35.5. The van der Waals surface area contributed by atoms with Crippen molar-refractivity contribution in [1.82, 2.24) is 9.88 Å². The molecule has 1 aromatic rings. The second-order valence-corrected chi connectivity index (χ2v) is 5.32. The van der Waals surface area contributed by atoms with E-state index in [0.717, 1.165) is 19.3 Å². The monoisotopic (exact) mass is 266 g/mol. The minimum absolute atomic E-state index is 0.202. The Hall–Kier alpha value is -1.29. The maximum absolute atomic E-state index is 11.8. The Morgan fingerprint density at radius 3 is 3.00 bits per heavy atom. The number of carbonyl (C=O) groups is 1. The molecule has 0 saturated carbocycles. The van der Waals surface area contributed by atoms with E-state index in [4.69, 9.17) is 16.3 Å². The van der Waals surface area contributed by atoms with E-state index in [1.165, 1.54) is 12.7 Å². The van der Waals surface area contributed by atoms with Crippen LogP contribution in [0.4, 0.5) is 4.79 Å². The first-order valence-corrected chi connectivity index (χ1v) is 6.56. The van der Waals surface area contributed by atoms with Crippen LogP contribution >= 0.6 is 11.6 Å². The van der Waals surface area contributed by atoms with Gasteiger partial charge in [0.2, 0.25) is 0 Å². The maximum Gasteiger partial charge on any atom is 0.410 e. The van der Waals surface area contributed by atoms with Gasteiger partial charge in [-0.05, 0) is 30.9 Å². The third-order valence-electron chi connectivity index (χ3n) is 4.10. The smallest absolute Gasteiger partial charge is 0.410 e. The Morgan fingerprint density at radius 1 is 1.50 bits per heavy atom. The first-order valence-electron chi connectivity index (χ1n) is 6.18. The summed E-state index contributed by atoms with van der Waals surface area (Å²) in [6.45, 7) is 0. The number of halogens is 1. The van der Waals surface area contributed by atoms with Gasteiger partial charge in [-0.25, -0.2) is 9.78 Å². The zero-order valence-electron chi connectivity index (χ0n) is 10.2. The van der Waals surface area contributed by atoms with Crippen LogP contribution in [-0.2, 0) is 4.74 Å². The second-order valence-electron chi connectivity index (χ2n) is 4.93. The molecule has 0 aliphatic carbocycles. The van der Waals surface area contributed by atoms with Crippen LogP contribution in [0.3, 0.4) is 0 Å². The minimum atomic E-state index is -0.202. The highest BCUT2D eigenvalue weighted by Crippen LogP contribution is 2.46. The van der Waals surface area contributed by atoms with Gasteiger partial charge in [0.15, 0.2) is 0 Å². The van der Waals surface area contributed by atoms with Crippen LogP contribution in [0.25, 0.3) is 0 Å². The standard InChI is InChI=1S/C13H15ClN2O2/c1-18-13(17)16-9-3-4-11(16)10(6-9)8-2-5-12(14)15-7-8/h2,5,7,9-11H,3-4,6H2,1H3/t9-,10+,11+/m1/s1. The Kier molecular flexibility index (Phi) is 2.90. The molecule has 1 amide bonds. The highest BCUT2D eigenvalue weighted by molar-refractivity contribution is 6.29. The van der Waals surface area contributed by atoms with E-state index < -0.39 is 0 Å². The number of pyridine rings is 1. The first kappa shape index (κ1) is 11.8. The van der Waals surface area contributed by atoms with Crippen LogP contribution in [0.15, 0.2) is 18.3 Å². The molecule has 2 fully saturated rings. The van der Waals surface area contributed by atoms with Crippen LogP contribution in [-0.4, -0.2) is 35.2 Å². The molecular weight excluding hydrogens is 252 g/mol. The molecule has 4 nitrogen and oxygen atoms in total. The van der Waals surface area contributed by atoms with Crippen LogP contribution in [0, 0.1) is 0 Å². The number of ether oxygens (including phenoxy) is 1. The number of rotatable bonds is 1. The van der Waals surface area contributed by atoms with Crippen molar-refractivity contribution in [2.24, 2.45) is 0 Å². The Balaban J connectivity index is 1.85. The molecule has 1 aromatic heterocycles. The minimum Gasteiger partial charge on any atom is -0.453 e. The fraction of sp³-hybridized carbons (Fsp3) is 0.538. The van der Waals surface area contributed by atoms with Gasteiger partial charge in [0.05, 0.1) is 7.11 Å². The topological polar surface area (TPSA) is 42.4 Å². The number of aromatic nitrogens is 1. The van der Waals surface area contributed by atoms with Crippen molar-refractivity contribution in [3.8, 4) is 0 Å². The molecule has 3 atom stereocenters. The zero-order valence-corrected chi connectivity index (χ0v) is 10.9. The van der Waals surface area contributed by atoms with Crippen molar-refractivity contribution in [3.05, 3.63) is 29.0 Å². The maximum atomic E-state index is 11.8. The molecule has 0 radical (unpaired) electrons. The fourth-order valence-electron chi connectivity index (χ4n) is 3.34. The average Bonchev–Trinajstić information content (AvgIpc) is 2.96. The Labute approximate surface area is 111 Å². The summed E-state index contributed by atoms with van der Waals surface area (Å²) < 4.78 is 4.87. The summed E-state index contributed by atoms with van der Waals surface area (Å²) in [5.74, 6) is 0.368. The Bertz CT molecular complexity index is 463. The van der Waals surface area contributed by atoms with E-state index in [9.17, 15) is 4.79 Å². The third kappa shape index (κ3) is 1.75. The molecule has 0 spiro atoms. The van der Waals surface area contributed by atoms with Crippen molar-refractivity contribution in [3.63, 3.8) is 0 Å². The number of amides is 1. The number of methoxy groups -OCH3 is 1. The molecule has 3 rings (SSSR count). The van der Waals surface area contributed by atoms with Crippen LogP contribution in [0.2, 0.25) is 5.15 Å². The predicted octanol–water partition coefficient (Wildman–Crippen LogP) is 2.82. The molecule has 2 saturated heterocycles. The summed E-state index contributed by atoms with van der Waals surface area (Å²) in [5.41, 5.74) is 1.17. The number of carbonyl (C=O) groups excluding carboxylic acids is 1. The van der Waals surface area contributed by atoms with Gasteiger partial charge in [-0.2, -0.15) is 0 Å². The van der Waals surface area contributed by atoms with E-state index in [-0.39, 0.29) is 12.1 Å². The summed E-state index contributed by atoms with van der Waals surface area (Å²) in [4.78, 5) is 17.8. The molecular formula is C13H15ClN2O2. The van der Waals surface area contributed by atoms with Gasteiger partial charge in [-0.15, -0.1) is 0 Å². The first-order chi connectivity index (χ1) is 8.70. The SMILES string of the molecule is COC(=O)N1[C@@H]2CC[C@H]1[C@H](c1ccc(Cl)nc1)C2. The van der Waals surface area contributed by atoms with E-state index >= 15 is 0 Å².